The Bertz CT molecular complexity index is 110. The quantitative estimate of drug-likeness (QED) is 0.474. The van der Waals surface area contributed by atoms with Crippen molar-refractivity contribution in [3.05, 3.63) is 0 Å². The van der Waals surface area contributed by atoms with E-state index < -0.39 is 12.2 Å². The van der Waals surface area contributed by atoms with Crippen LogP contribution in [0.3, 0.4) is 0 Å². The van der Waals surface area contributed by atoms with Crippen molar-refractivity contribution in [2.75, 3.05) is 13.7 Å². The topological polar surface area (TPSA) is 69.9 Å². The van der Waals surface area contributed by atoms with Gasteiger partial charge in [-0.3, -0.25) is 0 Å². The second-order valence-electron chi connectivity index (χ2n) is 2.93. The van der Waals surface area contributed by atoms with Gasteiger partial charge >= 0.3 is 0 Å². The Labute approximate surface area is 65.4 Å². The van der Waals surface area contributed by atoms with E-state index in [0.29, 0.717) is 6.42 Å². The van der Waals surface area contributed by atoms with Crippen molar-refractivity contribution in [1.29, 1.82) is 0 Å². The number of hydrogen-bond acceptors (Lipinski definition) is 4. The highest BCUT2D eigenvalue weighted by Gasteiger charge is 2.40. The first-order chi connectivity index (χ1) is 5.20. The smallest absolute Gasteiger partial charge is 0.106 e. The molecule has 0 amide bonds. The van der Waals surface area contributed by atoms with Crippen molar-refractivity contribution in [3.8, 4) is 0 Å². The maximum atomic E-state index is 9.27. The van der Waals surface area contributed by atoms with E-state index in [1.54, 1.807) is 0 Å². The third-order valence-corrected chi connectivity index (χ3v) is 2.29. The van der Waals surface area contributed by atoms with Gasteiger partial charge in [0.15, 0.2) is 0 Å². The maximum Gasteiger partial charge on any atom is 0.106 e. The molecule has 0 aromatic rings. The molecule has 3 N–H and O–H groups in total. The SMILES string of the molecule is CO[C@@H]1C[C@H](CO)C(O)C1O. The Morgan fingerprint density at radius 3 is 2.27 bits per heavy atom. The Hall–Kier alpha value is -0.160. The van der Waals surface area contributed by atoms with E-state index in [1.807, 2.05) is 0 Å². The molecule has 11 heavy (non-hydrogen) atoms. The summed E-state index contributed by atoms with van der Waals surface area (Å²) in [5, 5.41) is 27.3. The van der Waals surface area contributed by atoms with Gasteiger partial charge in [-0.25, -0.2) is 0 Å². The molecule has 0 radical (unpaired) electrons. The number of aliphatic hydroxyl groups excluding tert-OH is 3. The van der Waals surface area contributed by atoms with Crippen molar-refractivity contribution in [3.63, 3.8) is 0 Å². The minimum atomic E-state index is -0.850. The molecule has 0 saturated heterocycles. The van der Waals surface area contributed by atoms with Crippen LogP contribution in [-0.2, 0) is 4.74 Å². The van der Waals surface area contributed by atoms with Crippen LogP contribution in [0.25, 0.3) is 0 Å². The summed E-state index contributed by atoms with van der Waals surface area (Å²) in [6.45, 7) is -0.0991. The van der Waals surface area contributed by atoms with E-state index in [2.05, 4.69) is 0 Å². The van der Waals surface area contributed by atoms with Crippen LogP contribution in [0, 0.1) is 5.92 Å². The summed E-state index contributed by atoms with van der Waals surface area (Å²) in [6.07, 6.45) is -1.50. The predicted octanol–water partition coefficient (Wildman–Crippen LogP) is -1.26. The van der Waals surface area contributed by atoms with Crippen LogP contribution in [0.1, 0.15) is 6.42 Å². The highest BCUT2D eigenvalue weighted by atomic mass is 16.5. The average Bonchev–Trinajstić information content (AvgIpc) is 2.30. The predicted molar refractivity (Wildman–Crippen MR) is 38.0 cm³/mol. The zero-order chi connectivity index (χ0) is 8.43. The summed E-state index contributed by atoms with van der Waals surface area (Å²) in [4.78, 5) is 0. The minimum absolute atomic E-state index is 0.0991. The molecule has 1 saturated carbocycles. The van der Waals surface area contributed by atoms with E-state index in [-0.39, 0.29) is 18.6 Å². The van der Waals surface area contributed by atoms with Crippen LogP contribution in [0.5, 0.6) is 0 Å². The molecule has 0 bridgehead atoms. The summed E-state index contributed by atoms with van der Waals surface area (Å²) in [6, 6.07) is 0. The summed E-state index contributed by atoms with van der Waals surface area (Å²) in [5.41, 5.74) is 0. The second kappa shape index (κ2) is 3.49. The zero-order valence-electron chi connectivity index (χ0n) is 6.47. The van der Waals surface area contributed by atoms with Gasteiger partial charge in [0.25, 0.3) is 0 Å². The van der Waals surface area contributed by atoms with Crippen LogP contribution in [0.4, 0.5) is 0 Å². The third-order valence-electron chi connectivity index (χ3n) is 2.29. The summed E-state index contributed by atoms with van der Waals surface area (Å²) >= 11 is 0. The lowest BCUT2D eigenvalue weighted by Crippen LogP contribution is -2.32. The van der Waals surface area contributed by atoms with Gasteiger partial charge in [0, 0.05) is 19.6 Å². The van der Waals surface area contributed by atoms with E-state index in [1.165, 1.54) is 7.11 Å². The molecule has 1 fully saturated rings. The molecule has 0 aliphatic heterocycles. The molecule has 4 atom stereocenters. The summed E-state index contributed by atoms with van der Waals surface area (Å²) in [7, 11) is 1.49. The molecule has 4 nitrogen and oxygen atoms in total. The first-order valence-electron chi connectivity index (χ1n) is 3.70. The fourth-order valence-electron chi connectivity index (χ4n) is 1.49. The van der Waals surface area contributed by atoms with Gasteiger partial charge in [-0.15, -0.1) is 0 Å². The van der Waals surface area contributed by atoms with E-state index in [0.717, 1.165) is 0 Å². The third kappa shape index (κ3) is 1.54. The van der Waals surface area contributed by atoms with Gasteiger partial charge in [-0.05, 0) is 6.42 Å². The Morgan fingerprint density at radius 1 is 1.36 bits per heavy atom. The van der Waals surface area contributed by atoms with E-state index in [4.69, 9.17) is 9.84 Å². The Kier molecular flexibility index (Phi) is 2.84. The first kappa shape index (κ1) is 8.93. The molecule has 1 rings (SSSR count). The van der Waals surface area contributed by atoms with E-state index in [9.17, 15) is 10.2 Å². The fourth-order valence-corrected chi connectivity index (χ4v) is 1.49. The van der Waals surface area contributed by atoms with Crippen LogP contribution >= 0.6 is 0 Å². The maximum absolute atomic E-state index is 9.27. The zero-order valence-corrected chi connectivity index (χ0v) is 6.47. The van der Waals surface area contributed by atoms with Crippen molar-refractivity contribution in [1.82, 2.24) is 0 Å². The molecule has 1 aliphatic carbocycles. The van der Waals surface area contributed by atoms with Gasteiger partial charge in [0.05, 0.1) is 12.2 Å². The van der Waals surface area contributed by atoms with Crippen molar-refractivity contribution in [2.24, 2.45) is 5.92 Å². The molecule has 1 aliphatic rings. The number of aliphatic hydroxyl groups is 3. The number of rotatable bonds is 2. The average molecular weight is 162 g/mol. The lowest BCUT2D eigenvalue weighted by molar-refractivity contribution is -0.0440. The largest absolute Gasteiger partial charge is 0.396 e. The molecule has 0 aromatic heterocycles. The lowest BCUT2D eigenvalue weighted by Gasteiger charge is -2.14. The standard InChI is InChI=1S/C7H14O4/c1-11-5-2-4(3-8)6(9)7(5)10/h4-10H,2-3H2,1H3/t4-,5-,6?,7?/m1/s1. The molecule has 2 unspecified atom stereocenters. The summed E-state index contributed by atoms with van der Waals surface area (Å²) in [5.74, 6) is -0.241. The molecular formula is C7H14O4. The van der Waals surface area contributed by atoms with Crippen LogP contribution in [0.15, 0.2) is 0 Å². The fraction of sp³-hybridized carbons (Fsp3) is 1.00. The molecule has 66 valence electrons. The minimum Gasteiger partial charge on any atom is -0.396 e. The highest BCUT2D eigenvalue weighted by molar-refractivity contribution is 4.91. The summed E-state index contributed by atoms with van der Waals surface area (Å²) < 4.78 is 4.90. The van der Waals surface area contributed by atoms with Gasteiger partial charge in [-0.2, -0.15) is 0 Å². The monoisotopic (exact) mass is 162 g/mol. The van der Waals surface area contributed by atoms with Gasteiger partial charge in [-0.1, -0.05) is 0 Å². The van der Waals surface area contributed by atoms with Crippen LogP contribution < -0.4 is 0 Å². The van der Waals surface area contributed by atoms with Crippen LogP contribution in [-0.4, -0.2) is 47.3 Å². The second-order valence-corrected chi connectivity index (χ2v) is 2.93. The number of methoxy groups -OCH3 is 1. The highest BCUT2D eigenvalue weighted by Crippen LogP contribution is 2.27. The Morgan fingerprint density at radius 2 is 2.00 bits per heavy atom. The normalized spacial score (nSPS) is 44.7. The molecular weight excluding hydrogens is 148 g/mol. The van der Waals surface area contributed by atoms with Crippen molar-refractivity contribution in [2.45, 2.75) is 24.7 Å². The van der Waals surface area contributed by atoms with Crippen molar-refractivity contribution < 1.29 is 20.1 Å². The number of ether oxygens (including phenoxy) is 1. The van der Waals surface area contributed by atoms with Gasteiger partial charge < -0.3 is 20.1 Å². The first-order valence-corrected chi connectivity index (χ1v) is 3.70. The van der Waals surface area contributed by atoms with E-state index >= 15 is 0 Å². The van der Waals surface area contributed by atoms with Crippen LogP contribution in [0.2, 0.25) is 0 Å². The van der Waals surface area contributed by atoms with Gasteiger partial charge in [0.2, 0.25) is 0 Å². The molecule has 0 spiro atoms. The molecule has 0 heterocycles. The molecule has 4 heteroatoms. The lowest BCUT2D eigenvalue weighted by atomic mass is 10.1. The molecule has 0 aromatic carbocycles. The Balaban J connectivity index is 2.53. The number of hydrogen-bond donors (Lipinski definition) is 3. The van der Waals surface area contributed by atoms with Crippen molar-refractivity contribution >= 4 is 0 Å². The van der Waals surface area contributed by atoms with Gasteiger partial charge in [0.1, 0.15) is 6.10 Å².